The predicted octanol–water partition coefficient (Wildman–Crippen LogP) is 25.4. The number of hydrogen-bond donors (Lipinski definition) is 1. The number of phenols is 1. The van der Waals surface area contributed by atoms with Crippen LogP contribution in [0.1, 0.15) is 261 Å². The molecule has 0 aromatic heterocycles. The smallest absolute Gasteiger partial charge is 0.119 e. The topological polar surface area (TPSA) is 149 Å². The van der Waals surface area contributed by atoms with Gasteiger partial charge in [0.25, 0.3) is 0 Å². The molecule has 0 spiro atoms. The molecule has 15 nitrogen and oxygen atoms in total. The van der Waals surface area contributed by atoms with Gasteiger partial charge in [0.15, 0.2) is 0 Å². The van der Waals surface area contributed by atoms with Gasteiger partial charge in [-0.15, -0.1) is 0 Å². The van der Waals surface area contributed by atoms with Crippen LogP contribution in [0.25, 0.3) is 44.5 Å². The minimum absolute atomic E-state index is 0.0517. The maximum absolute atomic E-state index is 10.1. The zero-order valence-corrected chi connectivity index (χ0v) is 75.1. The molecule has 0 bridgehead atoms. The van der Waals surface area contributed by atoms with Crippen molar-refractivity contribution in [2.24, 2.45) is 35.5 Å². The number of rotatable bonds is 82. The summed E-state index contributed by atoms with van der Waals surface area (Å²) in [6, 6.07) is 39.9. The molecule has 15 heteroatoms. The summed E-state index contributed by atoms with van der Waals surface area (Å²) in [5.41, 5.74) is 8.57. The summed E-state index contributed by atoms with van der Waals surface area (Å²) in [5.74, 6) is 2.18. The Morgan fingerprint density at radius 3 is 0.538 bits per heavy atom. The van der Waals surface area contributed by atoms with Gasteiger partial charge >= 0.3 is 0 Å². The second-order valence-electron chi connectivity index (χ2n) is 33.0. The van der Waals surface area contributed by atoms with E-state index in [1.54, 1.807) is 12.1 Å². The van der Waals surface area contributed by atoms with Crippen LogP contribution in [0, 0.1) is 35.5 Å². The van der Waals surface area contributed by atoms with Gasteiger partial charge in [0.05, 0.1) is 119 Å². The fraction of sp³-hybridized carbons (Fsp3) is 0.706. The molecular formula is C102H166O15. The average molecular weight is 1630 g/mol. The van der Waals surface area contributed by atoms with E-state index in [1.807, 2.05) is 12.1 Å². The van der Waals surface area contributed by atoms with Gasteiger partial charge in [-0.1, -0.05) is 270 Å². The standard InChI is InChI=1S/C102H166O15/c1-9-17-25-33-57-104-68-86(69-105-58-34-26-18-10-2)76-112-80-90(81-113-77-87(70-106-59-35-27-19-11-3)71-107-60-36-28-20-12-4)84-116-101-53-47-95(48-54-101)98-65-97(94-43-41-92(42-44-94)93-45-51-100(103)52-46-93)66-99(67-98)96-49-55-102(56-50-96)117-85-91(82-114-78-88(72-108-61-37-29-21-13-5)73-109-62-38-30-22-14-6)83-115-79-89(74-110-63-39-31-23-15-7)75-111-64-40-32-24-16-8/h41-56,65-67,86-91,103H,9-40,57-64,68-85H2,1-8H3. The lowest BCUT2D eigenvalue weighted by molar-refractivity contribution is -0.0426. The van der Waals surface area contributed by atoms with Crippen molar-refractivity contribution in [3.63, 3.8) is 0 Å². The molecule has 0 amide bonds. The van der Waals surface area contributed by atoms with E-state index in [2.05, 4.69) is 146 Å². The Bertz CT molecular complexity index is 2700. The summed E-state index contributed by atoms with van der Waals surface area (Å²) in [4.78, 5) is 0. The molecule has 0 atom stereocenters. The number of phenolic OH excluding ortho intramolecular Hbond substituents is 1. The minimum Gasteiger partial charge on any atom is -0.508 e. The summed E-state index contributed by atoms with van der Waals surface area (Å²) in [6.45, 7) is 33.7. The maximum Gasteiger partial charge on any atom is 0.119 e. The van der Waals surface area contributed by atoms with Crippen molar-refractivity contribution in [2.75, 3.05) is 172 Å². The van der Waals surface area contributed by atoms with Gasteiger partial charge in [-0.2, -0.15) is 0 Å². The lowest BCUT2D eigenvalue weighted by Gasteiger charge is -2.23. The van der Waals surface area contributed by atoms with E-state index in [-0.39, 0.29) is 41.3 Å². The molecule has 664 valence electrons. The van der Waals surface area contributed by atoms with Crippen LogP contribution in [0.15, 0.2) is 115 Å². The Kier molecular flexibility index (Phi) is 62.8. The van der Waals surface area contributed by atoms with Crippen molar-refractivity contribution in [3.8, 4) is 61.8 Å². The SMILES string of the molecule is CCCCCCOCC(COCCCCCC)COCC(COCC(COCCCCCC)COCCCCCC)COc1ccc(-c2cc(-c3ccc(OCC(COCC(COCCCCCC)COCCCCCC)COCC(COCCCCCC)COCCCCCC)cc3)cc(-c3ccc(-c4ccc(O)cc4)cc3)c2)cc1. The van der Waals surface area contributed by atoms with E-state index in [4.69, 9.17) is 66.3 Å². The fourth-order valence-corrected chi connectivity index (χ4v) is 14.1. The third kappa shape index (κ3) is 50.9. The van der Waals surface area contributed by atoms with E-state index in [1.165, 1.54) is 154 Å². The lowest BCUT2D eigenvalue weighted by Crippen LogP contribution is -2.29. The highest BCUT2D eigenvalue weighted by atomic mass is 16.5. The molecule has 0 aliphatic heterocycles. The molecule has 5 aromatic rings. The van der Waals surface area contributed by atoms with Gasteiger partial charge < -0.3 is 71.4 Å². The van der Waals surface area contributed by atoms with Gasteiger partial charge in [-0.05, 0) is 150 Å². The Hall–Kier alpha value is -4.98. The highest BCUT2D eigenvalue weighted by Crippen LogP contribution is 2.36. The van der Waals surface area contributed by atoms with Gasteiger partial charge in [-0.3, -0.25) is 0 Å². The summed E-state index contributed by atoms with van der Waals surface area (Å²) < 4.78 is 90.3. The third-order valence-corrected chi connectivity index (χ3v) is 21.5. The van der Waals surface area contributed by atoms with Crippen molar-refractivity contribution >= 4 is 0 Å². The molecule has 1 N–H and O–H groups in total. The van der Waals surface area contributed by atoms with Crippen LogP contribution >= 0.6 is 0 Å². The molecule has 0 heterocycles. The normalized spacial score (nSPS) is 11.9. The van der Waals surface area contributed by atoms with Crippen molar-refractivity contribution in [1.82, 2.24) is 0 Å². The first-order valence-corrected chi connectivity index (χ1v) is 47.2. The van der Waals surface area contributed by atoms with Gasteiger partial charge in [0.2, 0.25) is 0 Å². The summed E-state index contributed by atoms with van der Waals surface area (Å²) in [6.07, 6.45) is 37.5. The summed E-state index contributed by atoms with van der Waals surface area (Å²) >= 11 is 0. The maximum atomic E-state index is 10.1. The molecule has 0 unspecified atom stereocenters. The van der Waals surface area contributed by atoms with Crippen molar-refractivity contribution in [3.05, 3.63) is 115 Å². The van der Waals surface area contributed by atoms with Crippen LogP contribution in [0.2, 0.25) is 0 Å². The first-order chi connectivity index (χ1) is 57.7. The van der Waals surface area contributed by atoms with E-state index in [9.17, 15) is 5.11 Å². The molecule has 5 rings (SSSR count). The van der Waals surface area contributed by atoms with Crippen LogP contribution < -0.4 is 9.47 Å². The Labute approximate surface area is 712 Å². The van der Waals surface area contributed by atoms with E-state index in [0.29, 0.717) is 119 Å². The average Bonchev–Trinajstić information content (AvgIpc) is 0.796. The third-order valence-electron chi connectivity index (χ3n) is 21.5. The number of unbranched alkanes of at least 4 members (excludes halogenated alkanes) is 24. The molecular weight excluding hydrogens is 1470 g/mol. The van der Waals surface area contributed by atoms with Crippen molar-refractivity contribution in [2.45, 2.75) is 261 Å². The summed E-state index contributed by atoms with van der Waals surface area (Å²) in [7, 11) is 0. The predicted molar refractivity (Wildman–Crippen MR) is 485 cm³/mol. The first-order valence-electron chi connectivity index (χ1n) is 47.2. The monoisotopic (exact) mass is 1630 g/mol. The van der Waals surface area contributed by atoms with Crippen LogP contribution in [-0.2, 0) is 56.8 Å². The molecule has 0 aliphatic rings. The highest BCUT2D eigenvalue weighted by Gasteiger charge is 2.21. The number of hydrogen-bond acceptors (Lipinski definition) is 15. The second-order valence-corrected chi connectivity index (χ2v) is 33.0. The van der Waals surface area contributed by atoms with E-state index in [0.717, 1.165) is 160 Å². The van der Waals surface area contributed by atoms with E-state index >= 15 is 0 Å². The second kappa shape index (κ2) is 71.6. The zero-order chi connectivity index (χ0) is 83.2. The molecule has 0 radical (unpaired) electrons. The quantitative estimate of drug-likeness (QED) is 0.0368. The van der Waals surface area contributed by atoms with Crippen LogP contribution in [0.5, 0.6) is 17.2 Å². The Morgan fingerprint density at radius 2 is 0.342 bits per heavy atom. The van der Waals surface area contributed by atoms with Gasteiger partial charge in [-0.25, -0.2) is 0 Å². The number of ether oxygens (including phenoxy) is 14. The number of aromatic hydroxyl groups is 1. The Morgan fingerprint density at radius 1 is 0.179 bits per heavy atom. The lowest BCUT2D eigenvalue weighted by atomic mass is 9.92. The van der Waals surface area contributed by atoms with Crippen molar-refractivity contribution in [1.29, 1.82) is 0 Å². The molecule has 5 aromatic carbocycles. The molecule has 0 aliphatic carbocycles. The Balaban J connectivity index is 1.40. The summed E-state index contributed by atoms with van der Waals surface area (Å²) in [5, 5.41) is 10.1. The largest absolute Gasteiger partial charge is 0.508 e. The van der Waals surface area contributed by atoms with E-state index < -0.39 is 0 Å². The minimum atomic E-state index is -0.0517. The number of benzene rings is 5. The van der Waals surface area contributed by atoms with Crippen LogP contribution in [-0.4, -0.2) is 177 Å². The van der Waals surface area contributed by atoms with Crippen LogP contribution in [0.3, 0.4) is 0 Å². The molecule has 0 saturated heterocycles. The van der Waals surface area contributed by atoms with Gasteiger partial charge in [0.1, 0.15) is 17.2 Å². The van der Waals surface area contributed by atoms with Gasteiger partial charge in [0, 0.05) is 88.4 Å². The van der Waals surface area contributed by atoms with Crippen LogP contribution in [0.4, 0.5) is 0 Å². The molecule has 0 fully saturated rings. The zero-order valence-electron chi connectivity index (χ0n) is 75.1. The first kappa shape index (κ1) is 103. The molecule has 0 saturated carbocycles. The molecule has 117 heavy (non-hydrogen) atoms. The van der Waals surface area contributed by atoms with Crippen molar-refractivity contribution < 1.29 is 71.4 Å². The fourth-order valence-electron chi connectivity index (χ4n) is 14.1. The highest BCUT2D eigenvalue weighted by molar-refractivity contribution is 5.82.